The second kappa shape index (κ2) is 16.6. The summed E-state index contributed by atoms with van der Waals surface area (Å²) in [6.45, 7) is 5.08. The molecule has 0 aliphatic carbocycles. The van der Waals surface area contributed by atoms with Crippen molar-refractivity contribution in [2.24, 2.45) is 0 Å². The number of hydrogen-bond donors (Lipinski definition) is 2. The number of rotatable bonds is 16. The average Bonchev–Trinajstić information content (AvgIpc) is 2.48. The van der Waals surface area contributed by atoms with Gasteiger partial charge < -0.3 is 10.2 Å². The molecule has 0 saturated heterocycles. The molecule has 21 heavy (non-hydrogen) atoms. The maximum atomic E-state index is 9.27. The molecule has 2 nitrogen and oxygen atoms in total. The van der Waals surface area contributed by atoms with Crippen molar-refractivity contribution in [2.45, 2.75) is 101 Å². The van der Waals surface area contributed by atoms with Gasteiger partial charge in [-0.1, -0.05) is 65.2 Å². The Balaban J connectivity index is 4.04. The summed E-state index contributed by atoms with van der Waals surface area (Å²) < 4.78 is 0. The van der Waals surface area contributed by atoms with E-state index >= 15 is 0 Å². The van der Waals surface area contributed by atoms with Crippen LogP contribution < -0.4 is 0 Å². The lowest BCUT2D eigenvalue weighted by Gasteiger charge is -2.23. The third kappa shape index (κ3) is 13.6. The highest BCUT2D eigenvalue weighted by Gasteiger charge is 2.16. The van der Waals surface area contributed by atoms with Crippen LogP contribution in [-0.2, 0) is 0 Å². The third-order valence-corrected chi connectivity index (χ3v) is 5.76. The van der Waals surface area contributed by atoms with Crippen molar-refractivity contribution < 1.29 is 10.2 Å². The number of thioether (sulfide) groups is 1. The van der Waals surface area contributed by atoms with Crippen LogP contribution in [0.25, 0.3) is 0 Å². The molecule has 0 aliphatic rings. The van der Waals surface area contributed by atoms with Gasteiger partial charge in [0.1, 0.15) is 0 Å². The maximum Gasteiger partial charge on any atom is 0.0441 e. The van der Waals surface area contributed by atoms with Crippen LogP contribution in [0.1, 0.15) is 90.9 Å². The van der Waals surface area contributed by atoms with Gasteiger partial charge in [-0.2, -0.15) is 11.8 Å². The van der Waals surface area contributed by atoms with Crippen LogP contribution in [0.15, 0.2) is 0 Å². The van der Waals surface area contributed by atoms with Crippen molar-refractivity contribution in [3.63, 3.8) is 0 Å². The van der Waals surface area contributed by atoms with Gasteiger partial charge in [-0.25, -0.2) is 0 Å². The van der Waals surface area contributed by atoms with E-state index in [9.17, 15) is 10.2 Å². The smallest absolute Gasteiger partial charge is 0.0441 e. The Hall–Kier alpha value is 0.270. The molecule has 2 atom stereocenters. The Bertz CT molecular complexity index is 180. The second-order valence-corrected chi connectivity index (χ2v) is 7.71. The molecule has 0 amide bonds. The molecule has 0 aliphatic heterocycles. The van der Waals surface area contributed by atoms with Crippen LogP contribution in [0.2, 0.25) is 0 Å². The predicted octanol–water partition coefficient (Wildman–Crippen LogP) is 5.16. The van der Waals surface area contributed by atoms with Crippen molar-refractivity contribution in [3.05, 3.63) is 0 Å². The van der Waals surface area contributed by atoms with E-state index in [2.05, 4.69) is 13.8 Å². The Morgan fingerprint density at radius 1 is 0.619 bits per heavy atom. The molecular weight excluding hydrogens is 280 g/mol. The third-order valence-electron chi connectivity index (χ3n) is 4.05. The number of aliphatic hydroxyl groups excluding tert-OH is 2. The highest BCUT2D eigenvalue weighted by Crippen LogP contribution is 2.30. The topological polar surface area (TPSA) is 40.5 Å². The van der Waals surface area contributed by atoms with Gasteiger partial charge in [0.15, 0.2) is 0 Å². The first-order valence-electron chi connectivity index (χ1n) is 9.15. The summed E-state index contributed by atoms with van der Waals surface area (Å²) in [5.41, 5.74) is 0. The SMILES string of the molecule is CCCCCCC(CCO)SC(CCO)CCCCCC. The highest BCUT2D eigenvalue weighted by atomic mass is 32.2. The molecule has 0 heterocycles. The first-order chi connectivity index (χ1) is 10.3. The van der Waals surface area contributed by atoms with Gasteiger partial charge in [0.05, 0.1) is 0 Å². The molecule has 0 radical (unpaired) electrons. The summed E-state index contributed by atoms with van der Waals surface area (Å²) in [7, 11) is 0. The molecule has 0 aromatic carbocycles. The van der Waals surface area contributed by atoms with E-state index in [0.717, 1.165) is 12.8 Å². The van der Waals surface area contributed by atoms with Gasteiger partial charge >= 0.3 is 0 Å². The van der Waals surface area contributed by atoms with Crippen LogP contribution in [0.4, 0.5) is 0 Å². The van der Waals surface area contributed by atoms with Crippen molar-refractivity contribution >= 4 is 11.8 Å². The highest BCUT2D eigenvalue weighted by molar-refractivity contribution is 8.00. The lowest BCUT2D eigenvalue weighted by Crippen LogP contribution is -2.14. The maximum absolute atomic E-state index is 9.27. The lowest BCUT2D eigenvalue weighted by molar-refractivity contribution is 0.281. The quantitative estimate of drug-likeness (QED) is 0.386. The van der Waals surface area contributed by atoms with Crippen LogP contribution >= 0.6 is 11.8 Å². The lowest BCUT2D eigenvalue weighted by atomic mass is 10.1. The fourth-order valence-corrected chi connectivity index (χ4v) is 4.35. The molecule has 0 saturated carbocycles. The predicted molar refractivity (Wildman–Crippen MR) is 96.1 cm³/mol. The van der Waals surface area contributed by atoms with E-state index in [0.29, 0.717) is 23.7 Å². The summed E-state index contributed by atoms with van der Waals surface area (Å²) in [5, 5.41) is 19.7. The minimum absolute atomic E-state index is 0.299. The standard InChI is InChI=1S/C18H38O2S/c1-3-5-7-9-11-17(13-15-19)21-18(14-16-20)12-10-8-6-4-2/h17-20H,3-16H2,1-2H3. The number of hydrogen-bond acceptors (Lipinski definition) is 3. The normalized spacial score (nSPS) is 14.3. The van der Waals surface area contributed by atoms with Gasteiger partial charge in [0, 0.05) is 23.7 Å². The molecule has 0 spiro atoms. The Labute approximate surface area is 137 Å². The van der Waals surface area contributed by atoms with Crippen LogP contribution in [0.3, 0.4) is 0 Å². The van der Waals surface area contributed by atoms with E-state index in [1.54, 1.807) is 0 Å². The molecule has 0 fully saturated rings. The second-order valence-electron chi connectivity index (χ2n) is 6.10. The van der Waals surface area contributed by atoms with Crippen molar-refractivity contribution in [2.75, 3.05) is 13.2 Å². The molecular formula is C18H38O2S. The largest absolute Gasteiger partial charge is 0.396 e. The van der Waals surface area contributed by atoms with Crippen molar-refractivity contribution in [1.29, 1.82) is 0 Å². The monoisotopic (exact) mass is 318 g/mol. The average molecular weight is 319 g/mol. The Kier molecular flexibility index (Phi) is 16.9. The number of aliphatic hydroxyl groups is 2. The zero-order valence-corrected chi connectivity index (χ0v) is 15.2. The summed E-state index contributed by atoms with van der Waals surface area (Å²) in [5.74, 6) is 0. The first kappa shape index (κ1) is 21.3. The Morgan fingerprint density at radius 2 is 1.05 bits per heavy atom. The van der Waals surface area contributed by atoms with E-state index in [1.807, 2.05) is 11.8 Å². The molecule has 3 heteroatoms. The van der Waals surface area contributed by atoms with E-state index < -0.39 is 0 Å². The van der Waals surface area contributed by atoms with Gasteiger partial charge in [0.2, 0.25) is 0 Å². The minimum Gasteiger partial charge on any atom is -0.396 e. The molecule has 0 aromatic heterocycles. The van der Waals surface area contributed by atoms with Crippen LogP contribution in [0, 0.1) is 0 Å². The molecule has 2 N–H and O–H groups in total. The van der Waals surface area contributed by atoms with Crippen LogP contribution in [-0.4, -0.2) is 33.9 Å². The minimum atomic E-state index is 0.299. The zero-order chi connectivity index (χ0) is 15.8. The van der Waals surface area contributed by atoms with E-state index in [1.165, 1.54) is 64.2 Å². The summed E-state index contributed by atoms with van der Waals surface area (Å²) >= 11 is 2.04. The van der Waals surface area contributed by atoms with E-state index in [4.69, 9.17) is 0 Å². The molecule has 0 aromatic rings. The summed E-state index contributed by atoms with van der Waals surface area (Å²) in [6, 6.07) is 0. The molecule has 0 rings (SSSR count). The fourth-order valence-electron chi connectivity index (χ4n) is 2.72. The zero-order valence-electron chi connectivity index (χ0n) is 14.4. The molecule has 128 valence electrons. The van der Waals surface area contributed by atoms with E-state index in [-0.39, 0.29) is 0 Å². The van der Waals surface area contributed by atoms with Crippen LogP contribution in [0.5, 0.6) is 0 Å². The van der Waals surface area contributed by atoms with Gasteiger partial charge in [0.25, 0.3) is 0 Å². The van der Waals surface area contributed by atoms with Gasteiger partial charge in [-0.3, -0.25) is 0 Å². The first-order valence-corrected chi connectivity index (χ1v) is 10.1. The number of unbranched alkanes of at least 4 members (excludes halogenated alkanes) is 6. The molecule has 2 unspecified atom stereocenters. The van der Waals surface area contributed by atoms with Gasteiger partial charge in [-0.05, 0) is 25.7 Å². The fraction of sp³-hybridized carbons (Fsp3) is 1.00. The summed E-state index contributed by atoms with van der Waals surface area (Å²) in [4.78, 5) is 0. The van der Waals surface area contributed by atoms with Crippen molar-refractivity contribution in [1.82, 2.24) is 0 Å². The molecule has 0 bridgehead atoms. The van der Waals surface area contributed by atoms with Crippen molar-refractivity contribution in [3.8, 4) is 0 Å². The Morgan fingerprint density at radius 3 is 1.38 bits per heavy atom. The van der Waals surface area contributed by atoms with Gasteiger partial charge in [-0.15, -0.1) is 0 Å². The summed E-state index contributed by atoms with van der Waals surface area (Å²) in [6.07, 6.45) is 14.7.